The molecule has 2 aromatic carbocycles. The van der Waals surface area contributed by atoms with Crippen molar-refractivity contribution in [3.8, 4) is 0 Å². The van der Waals surface area contributed by atoms with Crippen molar-refractivity contribution in [1.29, 1.82) is 0 Å². The van der Waals surface area contributed by atoms with Gasteiger partial charge in [-0.25, -0.2) is 21.1 Å². The highest BCUT2D eigenvalue weighted by atomic mass is 32.2. The third-order valence-electron chi connectivity index (χ3n) is 5.32. The van der Waals surface area contributed by atoms with Crippen LogP contribution in [0.2, 0.25) is 0 Å². The average molecular weight is 465 g/mol. The highest BCUT2D eigenvalue weighted by Crippen LogP contribution is 2.37. The Morgan fingerprint density at radius 2 is 1.71 bits per heavy atom. The monoisotopic (exact) mass is 464 g/mol. The fraction of sp³-hybridized carbons (Fsp3) is 0.409. The van der Waals surface area contributed by atoms with E-state index in [1.807, 2.05) is 44.2 Å². The zero-order valence-electron chi connectivity index (χ0n) is 18.4. The van der Waals surface area contributed by atoms with Gasteiger partial charge in [0.05, 0.1) is 21.8 Å². The van der Waals surface area contributed by atoms with E-state index in [0.717, 1.165) is 9.87 Å². The molecular weight excluding hydrogens is 436 g/mol. The number of carbonyl (C=O) groups excluding carboxylic acids is 1. The van der Waals surface area contributed by atoms with Crippen molar-refractivity contribution in [1.82, 2.24) is 4.31 Å². The first kappa shape index (κ1) is 23.4. The lowest BCUT2D eigenvalue weighted by Gasteiger charge is -2.27. The van der Waals surface area contributed by atoms with Gasteiger partial charge in [0.15, 0.2) is 0 Å². The lowest BCUT2D eigenvalue weighted by atomic mass is 9.95. The topological polar surface area (TPSA) is 91.8 Å². The molecule has 0 saturated carbocycles. The van der Waals surface area contributed by atoms with Crippen LogP contribution in [0.4, 0.5) is 5.69 Å². The molecule has 0 bridgehead atoms. The predicted molar refractivity (Wildman–Crippen MR) is 121 cm³/mol. The average Bonchev–Trinajstić information content (AvgIpc) is 2.82. The van der Waals surface area contributed by atoms with E-state index >= 15 is 0 Å². The third-order valence-corrected chi connectivity index (χ3v) is 9.52. The van der Waals surface area contributed by atoms with Crippen molar-refractivity contribution in [2.45, 2.75) is 52.1 Å². The van der Waals surface area contributed by atoms with Gasteiger partial charge in [-0.3, -0.25) is 4.79 Å². The largest absolute Gasteiger partial charge is 0.273 e. The molecule has 1 aliphatic rings. The predicted octanol–water partition coefficient (Wildman–Crippen LogP) is 3.30. The molecule has 0 spiro atoms. The van der Waals surface area contributed by atoms with Gasteiger partial charge >= 0.3 is 0 Å². The number of sulfonamides is 2. The van der Waals surface area contributed by atoms with Gasteiger partial charge in [-0.1, -0.05) is 30.3 Å². The van der Waals surface area contributed by atoms with Crippen LogP contribution in [0.1, 0.15) is 38.8 Å². The number of hydrogen-bond donors (Lipinski definition) is 0. The zero-order valence-corrected chi connectivity index (χ0v) is 20.0. The van der Waals surface area contributed by atoms with Gasteiger partial charge in [-0.15, -0.1) is 0 Å². The summed E-state index contributed by atoms with van der Waals surface area (Å²) in [5.74, 6) is -0.800. The van der Waals surface area contributed by atoms with Crippen LogP contribution in [0.15, 0.2) is 53.4 Å². The summed E-state index contributed by atoms with van der Waals surface area (Å²) < 4.78 is 54.2. The molecular formula is C22H28N2O5S2. The van der Waals surface area contributed by atoms with Crippen molar-refractivity contribution in [3.05, 3.63) is 59.7 Å². The fourth-order valence-corrected chi connectivity index (χ4v) is 7.68. The first-order valence-electron chi connectivity index (χ1n) is 10.0. The number of aryl methyl sites for hydroxylation is 1. The second-order valence-corrected chi connectivity index (χ2v) is 12.5. The number of anilines is 1. The lowest BCUT2D eigenvalue weighted by molar-refractivity contribution is -0.123. The molecule has 2 aromatic rings. The second kappa shape index (κ2) is 8.03. The van der Waals surface area contributed by atoms with E-state index in [1.54, 1.807) is 20.8 Å². The third kappa shape index (κ3) is 4.40. The van der Waals surface area contributed by atoms with E-state index in [4.69, 9.17) is 0 Å². The zero-order chi connectivity index (χ0) is 23.2. The number of benzene rings is 2. The van der Waals surface area contributed by atoms with Crippen LogP contribution in [0.5, 0.6) is 0 Å². The Bertz CT molecular complexity index is 1200. The quantitative estimate of drug-likeness (QED) is 0.654. The Hall–Kier alpha value is -2.23. The fourth-order valence-electron chi connectivity index (χ4n) is 3.75. The van der Waals surface area contributed by atoms with E-state index < -0.39 is 31.4 Å². The van der Waals surface area contributed by atoms with Gasteiger partial charge in [-0.05, 0) is 63.9 Å². The maximum absolute atomic E-state index is 13.5. The standard InChI is InChI=1S/C22H28N2O5S2/c1-16(2)23(14-18-9-7-6-8-10-18)31(28,29)20-12-11-19(13-17(20)3)24-21(25)22(4,5)15-30(24,26)27/h6-13,16H,14-15H2,1-5H3. The Balaban J connectivity index is 2.01. The molecule has 168 valence electrons. The summed E-state index contributed by atoms with van der Waals surface area (Å²) in [5.41, 5.74) is 0.377. The van der Waals surface area contributed by atoms with Gasteiger partial charge < -0.3 is 0 Å². The van der Waals surface area contributed by atoms with Crippen molar-refractivity contribution >= 4 is 31.6 Å². The number of hydrogen-bond acceptors (Lipinski definition) is 5. The summed E-state index contributed by atoms with van der Waals surface area (Å²) in [6.45, 7) is 8.61. The summed E-state index contributed by atoms with van der Waals surface area (Å²) >= 11 is 0. The minimum absolute atomic E-state index is 0.0872. The van der Waals surface area contributed by atoms with Gasteiger partial charge in [0.25, 0.3) is 0 Å². The van der Waals surface area contributed by atoms with Gasteiger partial charge in [0, 0.05) is 12.6 Å². The molecule has 0 radical (unpaired) electrons. The Morgan fingerprint density at radius 1 is 1.10 bits per heavy atom. The van der Waals surface area contributed by atoms with Crippen LogP contribution < -0.4 is 4.31 Å². The number of amides is 1. The summed E-state index contributed by atoms with van der Waals surface area (Å²) in [5, 5.41) is 0. The Kier molecular flexibility index (Phi) is 6.07. The smallest absolute Gasteiger partial charge is 0.247 e. The molecule has 1 amide bonds. The molecule has 1 fully saturated rings. The molecule has 1 heterocycles. The van der Waals surface area contributed by atoms with Gasteiger partial charge in [0.2, 0.25) is 26.0 Å². The summed E-state index contributed by atoms with van der Waals surface area (Å²) in [6, 6.07) is 13.3. The van der Waals surface area contributed by atoms with E-state index in [2.05, 4.69) is 0 Å². The maximum Gasteiger partial charge on any atom is 0.247 e. The molecule has 0 aliphatic carbocycles. The van der Waals surface area contributed by atoms with Crippen molar-refractivity contribution in [3.63, 3.8) is 0 Å². The molecule has 1 saturated heterocycles. The Morgan fingerprint density at radius 3 is 2.19 bits per heavy atom. The van der Waals surface area contributed by atoms with Crippen molar-refractivity contribution in [2.75, 3.05) is 10.1 Å². The van der Waals surface area contributed by atoms with Crippen LogP contribution >= 0.6 is 0 Å². The molecule has 0 unspecified atom stereocenters. The molecule has 3 rings (SSSR count). The van der Waals surface area contributed by atoms with Crippen LogP contribution in [-0.4, -0.2) is 38.8 Å². The molecule has 0 aromatic heterocycles. The van der Waals surface area contributed by atoms with Crippen LogP contribution in [-0.2, 0) is 31.4 Å². The molecule has 1 aliphatic heterocycles. The second-order valence-electron chi connectivity index (χ2n) is 8.79. The van der Waals surface area contributed by atoms with Crippen LogP contribution in [0, 0.1) is 12.3 Å². The number of carbonyl (C=O) groups is 1. The first-order valence-corrected chi connectivity index (χ1v) is 13.1. The summed E-state index contributed by atoms with van der Waals surface area (Å²) in [4.78, 5) is 12.7. The van der Waals surface area contributed by atoms with Crippen LogP contribution in [0.25, 0.3) is 0 Å². The number of rotatable bonds is 6. The van der Waals surface area contributed by atoms with Crippen LogP contribution in [0.3, 0.4) is 0 Å². The minimum atomic E-state index is -3.85. The molecule has 9 heteroatoms. The highest BCUT2D eigenvalue weighted by molar-refractivity contribution is 7.94. The lowest BCUT2D eigenvalue weighted by Crippen LogP contribution is -2.37. The highest BCUT2D eigenvalue weighted by Gasteiger charge is 2.50. The number of nitrogens with zero attached hydrogens (tertiary/aromatic N) is 2. The van der Waals surface area contributed by atoms with Gasteiger partial charge in [0.1, 0.15) is 0 Å². The normalized spacial score (nSPS) is 18.2. The van der Waals surface area contributed by atoms with E-state index in [-0.39, 0.29) is 28.9 Å². The van der Waals surface area contributed by atoms with Gasteiger partial charge in [-0.2, -0.15) is 4.31 Å². The Labute approximate surface area is 184 Å². The molecule has 0 atom stereocenters. The first-order chi connectivity index (χ1) is 14.3. The maximum atomic E-state index is 13.5. The molecule has 7 nitrogen and oxygen atoms in total. The van der Waals surface area contributed by atoms with Crippen molar-refractivity contribution < 1.29 is 21.6 Å². The summed E-state index contributed by atoms with van der Waals surface area (Å²) in [7, 11) is -7.66. The van der Waals surface area contributed by atoms with E-state index in [9.17, 15) is 21.6 Å². The SMILES string of the molecule is Cc1cc(N2C(=O)C(C)(C)CS2(=O)=O)ccc1S(=O)(=O)N(Cc1ccccc1)C(C)C. The molecule has 31 heavy (non-hydrogen) atoms. The van der Waals surface area contributed by atoms with Crippen molar-refractivity contribution in [2.24, 2.45) is 5.41 Å². The molecule has 0 N–H and O–H groups in total. The van der Waals surface area contributed by atoms with E-state index in [0.29, 0.717) is 5.56 Å². The summed E-state index contributed by atoms with van der Waals surface area (Å²) in [6.07, 6.45) is 0. The van der Waals surface area contributed by atoms with E-state index in [1.165, 1.54) is 22.5 Å². The minimum Gasteiger partial charge on any atom is -0.273 e.